The van der Waals surface area contributed by atoms with E-state index in [0.29, 0.717) is 13.0 Å². The maximum Gasteiger partial charge on any atom is 0.187 e. The summed E-state index contributed by atoms with van der Waals surface area (Å²) in [5.74, 6) is 0.109. The molecular formula is C23H29NO3. The van der Waals surface area contributed by atoms with Gasteiger partial charge in [-0.05, 0) is 50.2 Å². The summed E-state index contributed by atoms with van der Waals surface area (Å²) in [6.07, 6.45) is 5.80. The molecule has 4 nitrogen and oxygen atoms in total. The SMILES string of the molecule is CCC(CC)=C1c2c([nH]c3ccccc23)C(=O)C1CCOC1CCCCO1. The van der Waals surface area contributed by atoms with E-state index in [1.54, 1.807) is 0 Å². The van der Waals surface area contributed by atoms with Gasteiger partial charge in [0.1, 0.15) is 0 Å². The Labute approximate surface area is 160 Å². The number of rotatable bonds is 6. The van der Waals surface area contributed by atoms with Crippen molar-refractivity contribution >= 4 is 22.3 Å². The van der Waals surface area contributed by atoms with Crippen LogP contribution in [0.15, 0.2) is 29.8 Å². The fourth-order valence-corrected chi connectivity index (χ4v) is 4.58. The molecule has 1 N–H and O–H groups in total. The Balaban J connectivity index is 1.62. The van der Waals surface area contributed by atoms with Crippen molar-refractivity contribution < 1.29 is 14.3 Å². The van der Waals surface area contributed by atoms with E-state index >= 15 is 0 Å². The smallest absolute Gasteiger partial charge is 0.187 e. The number of fused-ring (bicyclic) bond motifs is 3. The number of Topliss-reactive ketones (excluding diaryl/α,β-unsaturated/α-hetero) is 1. The molecule has 0 saturated carbocycles. The van der Waals surface area contributed by atoms with Gasteiger partial charge in [-0.3, -0.25) is 4.79 Å². The van der Waals surface area contributed by atoms with Gasteiger partial charge in [-0.2, -0.15) is 0 Å². The number of allylic oxidation sites excluding steroid dienone is 2. The third-order valence-electron chi connectivity index (χ3n) is 5.97. The number of nitrogens with one attached hydrogen (secondary N) is 1. The number of hydrogen-bond acceptors (Lipinski definition) is 3. The first kappa shape index (κ1) is 18.5. The molecule has 27 heavy (non-hydrogen) atoms. The third-order valence-corrected chi connectivity index (χ3v) is 5.97. The van der Waals surface area contributed by atoms with Crippen LogP contribution in [0.25, 0.3) is 16.5 Å². The topological polar surface area (TPSA) is 51.3 Å². The van der Waals surface area contributed by atoms with Crippen LogP contribution in [0.2, 0.25) is 0 Å². The standard InChI is InChI=1S/C23H29NO3/c1-3-15(4-2)20-17(12-14-27-19-11-7-8-13-26-19)23(25)22-21(20)16-9-5-6-10-18(16)24-22/h5-6,9-10,17,19,24H,3-4,7-8,11-14H2,1-2H3. The number of H-pyrrole nitrogens is 1. The third kappa shape index (κ3) is 3.37. The zero-order chi connectivity index (χ0) is 18.8. The highest BCUT2D eigenvalue weighted by molar-refractivity contribution is 6.19. The Morgan fingerprint density at radius 1 is 1.22 bits per heavy atom. The summed E-state index contributed by atoms with van der Waals surface area (Å²) < 4.78 is 11.6. The number of aromatic amines is 1. The van der Waals surface area contributed by atoms with E-state index in [2.05, 4.69) is 31.0 Å². The number of ketones is 1. The van der Waals surface area contributed by atoms with Gasteiger partial charge < -0.3 is 14.5 Å². The molecule has 2 unspecified atom stereocenters. The molecule has 1 saturated heterocycles. The summed E-state index contributed by atoms with van der Waals surface area (Å²) >= 11 is 0. The molecule has 0 radical (unpaired) electrons. The second-order valence-corrected chi connectivity index (χ2v) is 7.52. The van der Waals surface area contributed by atoms with Gasteiger partial charge in [0.25, 0.3) is 0 Å². The minimum Gasteiger partial charge on any atom is -0.353 e. The van der Waals surface area contributed by atoms with E-state index in [1.807, 2.05) is 12.1 Å². The monoisotopic (exact) mass is 367 g/mol. The van der Waals surface area contributed by atoms with Crippen molar-refractivity contribution in [1.82, 2.24) is 4.98 Å². The van der Waals surface area contributed by atoms with Crippen molar-refractivity contribution in [2.24, 2.45) is 5.92 Å². The molecule has 2 aliphatic rings. The molecule has 144 valence electrons. The van der Waals surface area contributed by atoms with Gasteiger partial charge >= 0.3 is 0 Å². The second kappa shape index (κ2) is 7.99. The predicted molar refractivity (Wildman–Crippen MR) is 108 cm³/mol. The first-order chi connectivity index (χ1) is 13.2. The molecule has 1 aromatic carbocycles. The number of benzene rings is 1. The fraction of sp³-hybridized carbons (Fsp3) is 0.522. The zero-order valence-corrected chi connectivity index (χ0v) is 16.3. The lowest BCUT2D eigenvalue weighted by atomic mass is 9.88. The Morgan fingerprint density at radius 2 is 2.04 bits per heavy atom. The van der Waals surface area contributed by atoms with Gasteiger partial charge in [-0.15, -0.1) is 0 Å². The van der Waals surface area contributed by atoms with Crippen LogP contribution in [-0.2, 0) is 9.47 Å². The van der Waals surface area contributed by atoms with E-state index in [0.717, 1.165) is 60.9 Å². The summed E-state index contributed by atoms with van der Waals surface area (Å²) in [5, 5.41) is 1.16. The Hall–Kier alpha value is -1.91. The van der Waals surface area contributed by atoms with Crippen molar-refractivity contribution in [3.63, 3.8) is 0 Å². The summed E-state index contributed by atoms with van der Waals surface area (Å²) in [6.45, 7) is 5.72. The van der Waals surface area contributed by atoms with Crippen molar-refractivity contribution in [3.05, 3.63) is 41.1 Å². The highest BCUT2D eigenvalue weighted by atomic mass is 16.7. The molecule has 1 fully saturated rings. The molecule has 0 spiro atoms. The average Bonchev–Trinajstić information content (AvgIpc) is 3.20. The van der Waals surface area contributed by atoms with Crippen LogP contribution in [0.4, 0.5) is 0 Å². The molecule has 0 amide bonds. The second-order valence-electron chi connectivity index (χ2n) is 7.52. The Kier molecular flexibility index (Phi) is 5.46. The number of ether oxygens (including phenoxy) is 2. The van der Waals surface area contributed by atoms with Gasteiger partial charge in [0.2, 0.25) is 0 Å². The van der Waals surface area contributed by atoms with Gasteiger partial charge in [0.05, 0.1) is 18.2 Å². The maximum atomic E-state index is 13.2. The highest BCUT2D eigenvalue weighted by Gasteiger charge is 2.39. The van der Waals surface area contributed by atoms with Gasteiger partial charge in [-0.1, -0.05) is 37.6 Å². The molecule has 0 bridgehead atoms. The fourth-order valence-electron chi connectivity index (χ4n) is 4.58. The summed E-state index contributed by atoms with van der Waals surface area (Å²) in [7, 11) is 0. The van der Waals surface area contributed by atoms with E-state index in [4.69, 9.17) is 9.47 Å². The van der Waals surface area contributed by atoms with Crippen LogP contribution in [0.1, 0.15) is 68.4 Å². The van der Waals surface area contributed by atoms with Crippen LogP contribution >= 0.6 is 0 Å². The van der Waals surface area contributed by atoms with Gasteiger partial charge in [0.15, 0.2) is 12.1 Å². The average molecular weight is 367 g/mol. The van der Waals surface area contributed by atoms with Crippen LogP contribution in [-0.4, -0.2) is 30.3 Å². The van der Waals surface area contributed by atoms with Crippen LogP contribution in [0.5, 0.6) is 0 Å². The summed E-state index contributed by atoms with van der Waals surface area (Å²) in [5.41, 5.74) is 5.58. The van der Waals surface area contributed by atoms with Crippen LogP contribution < -0.4 is 0 Å². The zero-order valence-electron chi connectivity index (χ0n) is 16.3. The quantitative estimate of drug-likeness (QED) is 0.735. The van der Waals surface area contributed by atoms with Crippen LogP contribution in [0.3, 0.4) is 0 Å². The van der Waals surface area contributed by atoms with E-state index < -0.39 is 0 Å². The first-order valence-corrected chi connectivity index (χ1v) is 10.3. The number of hydrogen-bond donors (Lipinski definition) is 1. The summed E-state index contributed by atoms with van der Waals surface area (Å²) in [4.78, 5) is 16.6. The number of carbonyl (C=O) groups is 1. The minimum absolute atomic E-state index is 0.0989. The van der Waals surface area contributed by atoms with Crippen molar-refractivity contribution in [2.45, 2.75) is 58.7 Å². The molecule has 2 heterocycles. The van der Waals surface area contributed by atoms with Gasteiger partial charge in [-0.25, -0.2) is 0 Å². The molecule has 4 heteroatoms. The molecule has 2 aromatic rings. The number of carbonyl (C=O) groups excluding carboxylic acids is 1. The first-order valence-electron chi connectivity index (χ1n) is 10.3. The Bertz CT molecular complexity index is 852. The minimum atomic E-state index is -0.102. The number of para-hydroxylation sites is 1. The lowest BCUT2D eigenvalue weighted by molar-refractivity contribution is -0.163. The largest absolute Gasteiger partial charge is 0.353 e. The van der Waals surface area contributed by atoms with E-state index in [-0.39, 0.29) is 18.0 Å². The predicted octanol–water partition coefficient (Wildman–Crippen LogP) is 5.49. The van der Waals surface area contributed by atoms with E-state index in [1.165, 1.54) is 11.1 Å². The molecular weight excluding hydrogens is 338 g/mol. The van der Waals surface area contributed by atoms with Crippen molar-refractivity contribution in [1.29, 1.82) is 0 Å². The van der Waals surface area contributed by atoms with Crippen molar-refractivity contribution in [3.8, 4) is 0 Å². The van der Waals surface area contributed by atoms with Crippen LogP contribution in [0, 0.1) is 5.92 Å². The summed E-state index contributed by atoms with van der Waals surface area (Å²) in [6, 6.07) is 8.23. The maximum absolute atomic E-state index is 13.2. The van der Waals surface area contributed by atoms with Crippen molar-refractivity contribution in [2.75, 3.05) is 13.2 Å². The molecule has 1 aliphatic heterocycles. The normalized spacial score (nSPS) is 22.4. The lowest BCUT2D eigenvalue weighted by Gasteiger charge is -2.23. The van der Waals surface area contributed by atoms with E-state index in [9.17, 15) is 4.79 Å². The lowest BCUT2D eigenvalue weighted by Crippen LogP contribution is -2.24. The van der Waals surface area contributed by atoms with Gasteiger partial charge in [0, 0.05) is 23.1 Å². The number of aromatic nitrogens is 1. The molecule has 2 atom stereocenters. The molecule has 1 aliphatic carbocycles. The Morgan fingerprint density at radius 3 is 2.78 bits per heavy atom. The molecule has 1 aromatic heterocycles. The highest BCUT2D eigenvalue weighted by Crippen LogP contribution is 2.45. The molecule has 4 rings (SSSR count).